The molecular formula is C16H17BrN2O. The minimum Gasteiger partial charge on any atom is -0.374 e. The number of pyridine rings is 1. The Bertz CT molecular complexity index is 599. The minimum absolute atomic E-state index is 0.0806. The van der Waals surface area contributed by atoms with Crippen LogP contribution in [0.25, 0.3) is 0 Å². The number of Topliss-reactive ketones (excluding diaryl/α,β-unsaturated/α-hetero) is 1. The first-order chi connectivity index (χ1) is 9.58. The average molecular weight is 333 g/mol. The molecule has 0 amide bonds. The molecule has 0 atom stereocenters. The van der Waals surface area contributed by atoms with Crippen molar-refractivity contribution < 1.29 is 4.79 Å². The third kappa shape index (κ3) is 3.67. The van der Waals surface area contributed by atoms with E-state index in [1.165, 1.54) is 5.56 Å². The van der Waals surface area contributed by atoms with Crippen molar-refractivity contribution >= 4 is 27.4 Å². The molecule has 4 heteroatoms. The molecule has 1 heterocycles. The molecule has 0 N–H and O–H groups in total. The van der Waals surface area contributed by atoms with Crippen molar-refractivity contribution in [3.63, 3.8) is 0 Å². The number of carbonyl (C=O) groups is 1. The lowest BCUT2D eigenvalue weighted by Crippen LogP contribution is -2.22. The number of anilines is 1. The highest BCUT2D eigenvalue weighted by atomic mass is 79.9. The molecule has 3 nitrogen and oxygen atoms in total. The van der Waals surface area contributed by atoms with E-state index in [1.54, 1.807) is 19.3 Å². The Kier molecular flexibility index (Phi) is 4.90. The van der Waals surface area contributed by atoms with E-state index in [9.17, 15) is 4.79 Å². The number of halogens is 1. The SMILES string of the molecule is CC(=O)c1cc(Br)ccc1N(C)CCc1ccncc1. The summed E-state index contributed by atoms with van der Waals surface area (Å²) in [6.07, 6.45) is 4.53. The number of aromatic nitrogens is 1. The van der Waals surface area contributed by atoms with Crippen LogP contribution in [0.15, 0.2) is 47.2 Å². The molecule has 2 aromatic rings. The molecule has 0 spiro atoms. The van der Waals surface area contributed by atoms with Crippen LogP contribution in [0.1, 0.15) is 22.8 Å². The van der Waals surface area contributed by atoms with Gasteiger partial charge in [0.2, 0.25) is 0 Å². The Morgan fingerprint density at radius 3 is 2.60 bits per heavy atom. The van der Waals surface area contributed by atoms with Gasteiger partial charge >= 0.3 is 0 Å². The zero-order valence-corrected chi connectivity index (χ0v) is 13.2. The van der Waals surface area contributed by atoms with Gasteiger partial charge in [-0.2, -0.15) is 0 Å². The summed E-state index contributed by atoms with van der Waals surface area (Å²) in [7, 11) is 2.01. The number of hydrogen-bond donors (Lipinski definition) is 0. The number of carbonyl (C=O) groups excluding carboxylic acids is 1. The van der Waals surface area contributed by atoms with Gasteiger partial charge in [-0.25, -0.2) is 0 Å². The van der Waals surface area contributed by atoms with Gasteiger partial charge in [0.05, 0.1) is 0 Å². The fraction of sp³-hybridized carbons (Fsp3) is 0.250. The second-order valence-corrected chi connectivity index (χ2v) is 5.66. The Balaban J connectivity index is 2.13. The lowest BCUT2D eigenvalue weighted by molar-refractivity contribution is 0.101. The predicted molar refractivity (Wildman–Crippen MR) is 85.4 cm³/mol. The number of hydrogen-bond acceptors (Lipinski definition) is 3. The van der Waals surface area contributed by atoms with Gasteiger partial charge in [0.15, 0.2) is 5.78 Å². The van der Waals surface area contributed by atoms with Crippen LogP contribution in [-0.2, 0) is 6.42 Å². The van der Waals surface area contributed by atoms with Gasteiger partial charge in [0, 0.05) is 41.7 Å². The number of likely N-dealkylation sites (N-methyl/N-ethyl adjacent to an activating group) is 1. The van der Waals surface area contributed by atoms with Crippen LogP contribution in [0.5, 0.6) is 0 Å². The topological polar surface area (TPSA) is 33.2 Å². The van der Waals surface area contributed by atoms with Gasteiger partial charge < -0.3 is 4.90 Å². The van der Waals surface area contributed by atoms with Crippen LogP contribution in [0.3, 0.4) is 0 Å². The molecule has 0 saturated carbocycles. The second-order valence-electron chi connectivity index (χ2n) is 4.74. The fourth-order valence-electron chi connectivity index (χ4n) is 2.09. The van der Waals surface area contributed by atoms with Gasteiger partial charge in [0.25, 0.3) is 0 Å². The van der Waals surface area contributed by atoms with Crippen molar-refractivity contribution in [1.29, 1.82) is 0 Å². The van der Waals surface area contributed by atoms with E-state index >= 15 is 0 Å². The maximum absolute atomic E-state index is 11.7. The Morgan fingerprint density at radius 1 is 1.25 bits per heavy atom. The largest absolute Gasteiger partial charge is 0.374 e. The second kappa shape index (κ2) is 6.66. The zero-order chi connectivity index (χ0) is 14.5. The van der Waals surface area contributed by atoms with E-state index in [1.807, 2.05) is 37.4 Å². The number of benzene rings is 1. The number of nitrogens with zero attached hydrogens (tertiary/aromatic N) is 2. The maximum atomic E-state index is 11.7. The molecule has 104 valence electrons. The molecule has 20 heavy (non-hydrogen) atoms. The molecule has 0 saturated heterocycles. The number of rotatable bonds is 5. The van der Waals surface area contributed by atoms with Crippen LogP contribution in [0, 0.1) is 0 Å². The first kappa shape index (κ1) is 14.7. The first-order valence-corrected chi connectivity index (χ1v) is 7.28. The van der Waals surface area contributed by atoms with E-state index < -0.39 is 0 Å². The molecule has 0 bridgehead atoms. The summed E-state index contributed by atoms with van der Waals surface area (Å²) < 4.78 is 0.925. The third-order valence-corrected chi connectivity index (χ3v) is 3.73. The van der Waals surface area contributed by atoms with Gasteiger partial charge in [-0.15, -0.1) is 0 Å². The normalized spacial score (nSPS) is 10.3. The van der Waals surface area contributed by atoms with Gasteiger partial charge in [-0.3, -0.25) is 9.78 Å². The molecule has 0 aliphatic rings. The fourth-order valence-corrected chi connectivity index (χ4v) is 2.45. The Hall–Kier alpha value is -1.68. The summed E-state index contributed by atoms with van der Waals surface area (Å²) in [5.74, 6) is 0.0806. The monoisotopic (exact) mass is 332 g/mol. The van der Waals surface area contributed by atoms with E-state index in [0.717, 1.165) is 28.7 Å². The van der Waals surface area contributed by atoms with Gasteiger partial charge in [-0.1, -0.05) is 15.9 Å². The van der Waals surface area contributed by atoms with Crippen molar-refractivity contribution in [3.8, 4) is 0 Å². The third-order valence-electron chi connectivity index (χ3n) is 3.23. The van der Waals surface area contributed by atoms with Crippen molar-refractivity contribution in [1.82, 2.24) is 4.98 Å². The van der Waals surface area contributed by atoms with Crippen LogP contribution >= 0.6 is 15.9 Å². The molecule has 0 unspecified atom stereocenters. The summed E-state index contributed by atoms with van der Waals surface area (Å²) in [5, 5.41) is 0. The van der Waals surface area contributed by atoms with Crippen LogP contribution in [0.4, 0.5) is 5.69 Å². The van der Waals surface area contributed by atoms with Crippen LogP contribution < -0.4 is 4.90 Å². The minimum atomic E-state index is 0.0806. The van der Waals surface area contributed by atoms with Crippen molar-refractivity contribution in [2.24, 2.45) is 0 Å². The summed E-state index contributed by atoms with van der Waals surface area (Å²) >= 11 is 3.41. The summed E-state index contributed by atoms with van der Waals surface area (Å²) in [6, 6.07) is 9.85. The molecular weight excluding hydrogens is 316 g/mol. The van der Waals surface area contributed by atoms with E-state index in [2.05, 4.69) is 25.8 Å². The summed E-state index contributed by atoms with van der Waals surface area (Å²) in [4.78, 5) is 17.9. The Morgan fingerprint density at radius 2 is 1.95 bits per heavy atom. The van der Waals surface area contributed by atoms with Gasteiger partial charge in [0.1, 0.15) is 0 Å². The molecule has 0 fully saturated rings. The lowest BCUT2D eigenvalue weighted by atomic mass is 10.1. The highest BCUT2D eigenvalue weighted by Gasteiger charge is 2.11. The van der Waals surface area contributed by atoms with Crippen molar-refractivity contribution in [3.05, 3.63) is 58.3 Å². The molecule has 2 rings (SSSR count). The standard InChI is InChI=1S/C16H17BrN2O/c1-12(20)15-11-14(17)3-4-16(15)19(2)10-7-13-5-8-18-9-6-13/h3-6,8-9,11H,7,10H2,1-2H3. The van der Waals surface area contributed by atoms with Crippen molar-refractivity contribution in [2.75, 3.05) is 18.5 Å². The first-order valence-electron chi connectivity index (χ1n) is 6.48. The summed E-state index contributed by atoms with van der Waals surface area (Å²) in [6.45, 7) is 2.45. The average Bonchev–Trinajstić information content (AvgIpc) is 2.45. The predicted octanol–water partition coefficient (Wildman–Crippen LogP) is 3.73. The lowest BCUT2D eigenvalue weighted by Gasteiger charge is -2.22. The highest BCUT2D eigenvalue weighted by Crippen LogP contribution is 2.24. The van der Waals surface area contributed by atoms with Crippen molar-refractivity contribution in [2.45, 2.75) is 13.3 Å². The van der Waals surface area contributed by atoms with Crippen LogP contribution in [-0.4, -0.2) is 24.4 Å². The molecule has 0 aliphatic heterocycles. The smallest absolute Gasteiger partial charge is 0.161 e. The molecule has 1 aromatic carbocycles. The van der Waals surface area contributed by atoms with E-state index in [0.29, 0.717) is 0 Å². The molecule has 1 aromatic heterocycles. The van der Waals surface area contributed by atoms with Gasteiger partial charge in [-0.05, 0) is 49.2 Å². The quantitative estimate of drug-likeness (QED) is 0.782. The van der Waals surface area contributed by atoms with Crippen LogP contribution in [0.2, 0.25) is 0 Å². The maximum Gasteiger partial charge on any atom is 0.161 e. The zero-order valence-electron chi connectivity index (χ0n) is 11.6. The molecule has 0 aliphatic carbocycles. The molecule has 0 radical (unpaired) electrons. The van der Waals surface area contributed by atoms with E-state index in [-0.39, 0.29) is 5.78 Å². The highest BCUT2D eigenvalue weighted by molar-refractivity contribution is 9.10. The van der Waals surface area contributed by atoms with E-state index in [4.69, 9.17) is 0 Å². The summed E-state index contributed by atoms with van der Waals surface area (Å²) in [5.41, 5.74) is 2.96. The number of ketones is 1. The Labute approximate surface area is 127 Å².